The number of nitrogens with zero attached hydrogens (tertiary/aromatic N) is 2. The molecule has 33 heavy (non-hydrogen) atoms. The molecule has 164 valence electrons. The molecule has 0 aliphatic carbocycles. The highest BCUT2D eigenvalue weighted by Gasteiger charge is 2.13. The summed E-state index contributed by atoms with van der Waals surface area (Å²) in [6.45, 7) is 0.293. The molecule has 1 heterocycles. The number of rotatable bonds is 6. The molecule has 0 radical (unpaired) electrons. The first-order chi connectivity index (χ1) is 16.0. The van der Waals surface area contributed by atoms with Crippen molar-refractivity contribution < 1.29 is 19.2 Å². The molecular weight excluding hydrogens is 424 g/mol. The summed E-state index contributed by atoms with van der Waals surface area (Å²) >= 11 is 0. The van der Waals surface area contributed by atoms with E-state index < -0.39 is 16.7 Å². The third kappa shape index (κ3) is 5.10. The van der Waals surface area contributed by atoms with Crippen LogP contribution in [0.4, 0.5) is 5.69 Å². The van der Waals surface area contributed by atoms with E-state index in [9.17, 15) is 19.7 Å². The van der Waals surface area contributed by atoms with Gasteiger partial charge >= 0.3 is 0 Å². The molecule has 1 aromatic heterocycles. The van der Waals surface area contributed by atoms with Crippen molar-refractivity contribution in [3.63, 3.8) is 0 Å². The second-order valence-corrected chi connectivity index (χ2v) is 7.03. The summed E-state index contributed by atoms with van der Waals surface area (Å²) in [7, 11) is 0. The van der Waals surface area contributed by atoms with E-state index in [1.807, 2.05) is 30.3 Å². The van der Waals surface area contributed by atoms with Crippen LogP contribution < -0.4 is 15.6 Å². The summed E-state index contributed by atoms with van der Waals surface area (Å²) < 4.78 is 5.89. The predicted octanol–water partition coefficient (Wildman–Crippen LogP) is 3.80. The Kier molecular flexibility index (Phi) is 6.21. The first-order valence-electron chi connectivity index (χ1n) is 9.92. The maximum absolute atomic E-state index is 12.3. The van der Waals surface area contributed by atoms with Crippen LogP contribution in [-0.2, 0) is 6.61 Å². The molecule has 0 aliphatic heterocycles. The second-order valence-electron chi connectivity index (χ2n) is 7.03. The lowest BCUT2D eigenvalue weighted by Crippen LogP contribution is -2.41. The van der Waals surface area contributed by atoms with E-state index in [0.717, 1.165) is 22.5 Å². The topological polar surface area (TPSA) is 123 Å². The van der Waals surface area contributed by atoms with Crippen molar-refractivity contribution >= 4 is 28.4 Å². The second kappa shape index (κ2) is 9.56. The normalized spacial score (nSPS) is 10.4. The molecule has 9 heteroatoms. The van der Waals surface area contributed by atoms with E-state index in [-0.39, 0.29) is 11.3 Å². The van der Waals surface area contributed by atoms with E-state index in [1.165, 1.54) is 18.2 Å². The third-order valence-electron chi connectivity index (χ3n) is 4.81. The van der Waals surface area contributed by atoms with Gasteiger partial charge in [-0.1, -0.05) is 36.4 Å². The Morgan fingerprint density at radius 3 is 2.33 bits per heavy atom. The highest BCUT2D eigenvalue weighted by Crippen LogP contribution is 2.24. The number of non-ortho nitro benzene ring substituents is 1. The molecule has 3 aromatic carbocycles. The SMILES string of the molecule is O=C(NNC(=O)c1cccc([N+](=O)[O-])c1)c1ccc(COc2cccc3cccnc23)cc1. The standard InChI is InChI=1S/C24H18N4O5/c29-23(26-27-24(30)19-5-1-7-20(14-19)28(31)32)18-11-9-16(10-12-18)15-33-21-8-2-4-17-6-3-13-25-22(17)21/h1-14H,15H2,(H,26,29)(H,27,30). The number of hydrogen-bond donors (Lipinski definition) is 2. The average molecular weight is 442 g/mol. The first kappa shape index (κ1) is 21.4. The summed E-state index contributed by atoms with van der Waals surface area (Å²) in [4.78, 5) is 39.1. The number of hydrogen-bond acceptors (Lipinski definition) is 6. The first-order valence-corrected chi connectivity index (χ1v) is 9.92. The number of nitrogens with one attached hydrogen (secondary N) is 2. The Bertz CT molecular complexity index is 1330. The van der Waals surface area contributed by atoms with Crippen molar-refractivity contribution in [3.05, 3.63) is 112 Å². The van der Waals surface area contributed by atoms with Crippen molar-refractivity contribution in [1.29, 1.82) is 0 Å². The molecule has 2 N–H and O–H groups in total. The minimum absolute atomic E-state index is 0.0555. The third-order valence-corrected chi connectivity index (χ3v) is 4.81. The molecule has 2 amide bonds. The lowest BCUT2D eigenvalue weighted by molar-refractivity contribution is -0.384. The van der Waals surface area contributed by atoms with Gasteiger partial charge in [-0.3, -0.25) is 35.5 Å². The van der Waals surface area contributed by atoms with Crippen molar-refractivity contribution in [2.24, 2.45) is 0 Å². The van der Waals surface area contributed by atoms with Crippen molar-refractivity contribution in [3.8, 4) is 5.75 Å². The fourth-order valence-electron chi connectivity index (χ4n) is 3.12. The van der Waals surface area contributed by atoms with Gasteiger partial charge in [0.2, 0.25) is 0 Å². The van der Waals surface area contributed by atoms with Crippen molar-refractivity contribution in [2.75, 3.05) is 0 Å². The van der Waals surface area contributed by atoms with Crippen molar-refractivity contribution in [1.82, 2.24) is 15.8 Å². The number of aromatic nitrogens is 1. The Hall–Kier alpha value is -4.79. The number of carbonyl (C=O) groups excluding carboxylic acids is 2. The number of fused-ring (bicyclic) bond motifs is 1. The zero-order valence-electron chi connectivity index (χ0n) is 17.2. The molecule has 9 nitrogen and oxygen atoms in total. The lowest BCUT2D eigenvalue weighted by atomic mass is 10.1. The van der Waals surface area contributed by atoms with Gasteiger partial charge in [-0.2, -0.15) is 0 Å². The quantitative estimate of drug-likeness (QED) is 0.346. The van der Waals surface area contributed by atoms with E-state index in [4.69, 9.17) is 4.74 Å². The number of nitro benzene ring substituents is 1. The van der Waals surface area contributed by atoms with Gasteiger partial charge in [-0.15, -0.1) is 0 Å². The molecule has 0 unspecified atom stereocenters. The summed E-state index contributed by atoms with van der Waals surface area (Å²) in [6.07, 6.45) is 1.71. The molecule has 0 saturated heterocycles. The minimum Gasteiger partial charge on any atom is -0.487 e. The van der Waals surface area contributed by atoms with Crippen LogP contribution in [0.15, 0.2) is 85.1 Å². The smallest absolute Gasteiger partial charge is 0.270 e. The fraction of sp³-hybridized carbons (Fsp3) is 0.0417. The van der Waals surface area contributed by atoms with E-state index >= 15 is 0 Å². The summed E-state index contributed by atoms with van der Waals surface area (Å²) in [5.41, 5.74) is 6.33. The molecule has 0 fully saturated rings. The maximum Gasteiger partial charge on any atom is 0.270 e. The molecule has 0 saturated carbocycles. The monoisotopic (exact) mass is 442 g/mol. The Balaban J connectivity index is 1.34. The van der Waals surface area contributed by atoms with Crippen molar-refractivity contribution in [2.45, 2.75) is 6.61 Å². The van der Waals surface area contributed by atoms with Gasteiger partial charge < -0.3 is 4.74 Å². The van der Waals surface area contributed by atoms with E-state index in [1.54, 1.807) is 30.5 Å². The van der Waals surface area contributed by atoms with E-state index in [2.05, 4.69) is 15.8 Å². The Morgan fingerprint density at radius 1 is 0.879 bits per heavy atom. The number of carbonyl (C=O) groups is 2. The Morgan fingerprint density at radius 2 is 1.58 bits per heavy atom. The average Bonchev–Trinajstić information content (AvgIpc) is 2.86. The van der Waals surface area contributed by atoms with Gasteiger partial charge in [0.05, 0.1) is 4.92 Å². The van der Waals surface area contributed by atoms with Gasteiger partial charge in [0.15, 0.2) is 0 Å². The molecular formula is C24H18N4O5. The minimum atomic E-state index is -0.666. The molecule has 4 aromatic rings. The van der Waals surface area contributed by atoms with Crippen LogP contribution in [0, 0.1) is 10.1 Å². The number of pyridine rings is 1. The van der Waals surface area contributed by atoms with Crippen LogP contribution in [0.25, 0.3) is 10.9 Å². The van der Waals surface area contributed by atoms with Gasteiger partial charge in [0.1, 0.15) is 17.9 Å². The van der Waals surface area contributed by atoms with Gasteiger partial charge in [0, 0.05) is 34.8 Å². The molecule has 0 spiro atoms. The highest BCUT2D eigenvalue weighted by molar-refractivity contribution is 5.99. The van der Waals surface area contributed by atoms with Crippen LogP contribution in [0.3, 0.4) is 0 Å². The van der Waals surface area contributed by atoms with Crippen LogP contribution >= 0.6 is 0 Å². The molecule has 0 aliphatic rings. The highest BCUT2D eigenvalue weighted by atomic mass is 16.6. The number of nitro groups is 1. The zero-order valence-corrected chi connectivity index (χ0v) is 17.2. The van der Waals surface area contributed by atoms with E-state index in [0.29, 0.717) is 17.9 Å². The molecule has 4 rings (SSSR count). The van der Waals surface area contributed by atoms with Gasteiger partial charge in [-0.05, 0) is 35.9 Å². The number of ether oxygens (including phenoxy) is 1. The number of amides is 2. The maximum atomic E-state index is 12.3. The largest absolute Gasteiger partial charge is 0.487 e. The van der Waals surface area contributed by atoms with Crippen LogP contribution in [0.2, 0.25) is 0 Å². The number of para-hydroxylation sites is 1. The van der Waals surface area contributed by atoms with Crippen LogP contribution in [-0.4, -0.2) is 21.7 Å². The number of benzene rings is 3. The summed E-state index contributed by atoms with van der Waals surface area (Å²) in [6, 6.07) is 21.4. The van der Waals surface area contributed by atoms with Crippen LogP contribution in [0.1, 0.15) is 26.3 Å². The number of hydrazine groups is 1. The van der Waals surface area contributed by atoms with Crippen LogP contribution in [0.5, 0.6) is 5.75 Å². The Labute approximate surface area is 188 Å². The molecule has 0 bridgehead atoms. The van der Waals surface area contributed by atoms with Gasteiger partial charge in [0.25, 0.3) is 17.5 Å². The fourth-order valence-corrected chi connectivity index (χ4v) is 3.12. The zero-order chi connectivity index (χ0) is 23.2. The summed E-state index contributed by atoms with van der Waals surface area (Å²) in [5, 5.41) is 11.8. The lowest BCUT2D eigenvalue weighted by Gasteiger charge is -2.10. The predicted molar refractivity (Wildman–Crippen MR) is 121 cm³/mol. The summed E-state index contributed by atoms with van der Waals surface area (Å²) in [5.74, 6) is -0.529. The molecule has 0 atom stereocenters. The van der Waals surface area contributed by atoms with Gasteiger partial charge in [-0.25, -0.2) is 0 Å².